The van der Waals surface area contributed by atoms with Gasteiger partial charge >= 0.3 is 11.9 Å². The normalized spacial score (nSPS) is 11.1. The van der Waals surface area contributed by atoms with E-state index in [2.05, 4.69) is 5.32 Å². The van der Waals surface area contributed by atoms with Crippen molar-refractivity contribution in [1.82, 2.24) is 0 Å². The van der Waals surface area contributed by atoms with E-state index in [-0.39, 0.29) is 5.56 Å². The minimum Gasteiger partial charge on any atom is -0.481 e. The van der Waals surface area contributed by atoms with Crippen LogP contribution in [0.2, 0.25) is 0 Å². The summed E-state index contributed by atoms with van der Waals surface area (Å²) in [5, 5.41) is 21.2. The fraction of sp³-hybridized carbons (Fsp3) is 0.133. The molecule has 0 bridgehead atoms. The van der Waals surface area contributed by atoms with Crippen LogP contribution in [-0.4, -0.2) is 22.2 Å². The highest BCUT2D eigenvalue weighted by atomic mass is 19.1. The topological polar surface area (TPSA) is 86.6 Å². The van der Waals surface area contributed by atoms with Gasteiger partial charge < -0.3 is 15.5 Å². The Morgan fingerprint density at radius 2 is 1.44 bits per heavy atom. The third kappa shape index (κ3) is 6.36. The molecule has 0 saturated carbocycles. The van der Waals surface area contributed by atoms with Gasteiger partial charge in [-0.1, -0.05) is 66.7 Å². The SMILES string of the molecule is CC(C(=O)O)c1ccc(-c2ccccc2)c(F)c1.Cc1cccc(Nc2ccccc2C(=O)O)c1C. The Bertz CT molecular complexity index is 1370. The number of aliphatic carboxylic acids is 1. The Labute approximate surface area is 209 Å². The Morgan fingerprint density at radius 3 is 2.08 bits per heavy atom. The number of rotatable bonds is 6. The molecule has 1 atom stereocenters. The lowest BCUT2D eigenvalue weighted by Crippen LogP contribution is -2.07. The Kier molecular flexibility index (Phi) is 8.57. The molecule has 5 nitrogen and oxygen atoms in total. The fourth-order valence-corrected chi connectivity index (χ4v) is 3.61. The average molecular weight is 486 g/mol. The van der Waals surface area contributed by atoms with Gasteiger partial charge in [0.2, 0.25) is 0 Å². The average Bonchev–Trinajstić information content (AvgIpc) is 2.87. The maximum Gasteiger partial charge on any atom is 0.337 e. The van der Waals surface area contributed by atoms with Crippen molar-refractivity contribution in [3.05, 3.63) is 119 Å². The zero-order valence-corrected chi connectivity index (χ0v) is 20.3. The van der Waals surface area contributed by atoms with Crippen molar-refractivity contribution < 1.29 is 24.2 Å². The predicted octanol–water partition coefficient (Wildman–Crippen LogP) is 7.43. The molecule has 0 amide bonds. The number of carboxylic acids is 2. The third-order valence-corrected chi connectivity index (χ3v) is 5.98. The molecule has 0 fully saturated rings. The Hall–Kier alpha value is -4.45. The Balaban J connectivity index is 0.000000201. The predicted molar refractivity (Wildman–Crippen MR) is 140 cm³/mol. The van der Waals surface area contributed by atoms with Gasteiger partial charge in [-0.2, -0.15) is 0 Å². The highest BCUT2D eigenvalue weighted by molar-refractivity contribution is 5.95. The van der Waals surface area contributed by atoms with Gasteiger partial charge in [0.15, 0.2) is 0 Å². The minimum absolute atomic E-state index is 0.276. The molecule has 0 spiro atoms. The molecule has 0 radical (unpaired) electrons. The van der Waals surface area contributed by atoms with Crippen LogP contribution in [-0.2, 0) is 4.79 Å². The summed E-state index contributed by atoms with van der Waals surface area (Å²) in [7, 11) is 0. The van der Waals surface area contributed by atoms with Crippen LogP contribution in [0.25, 0.3) is 11.1 Å². The van der Waals surface area contributed by atoms with E-state index in [1.54, 1.807) is 37.3 Å². The van der Waals surface area contributed by atoms with Crippen LogP contribution in [0, 0.1) is 19.7 Å². The first-order valence-corrected chi connectivity index (χ1v) is 11.4. The van der Waals surface area contributed by atoms with Crippen molar-refractivity contribution >= 4 is 23.3 Å². The van der Waals surface area contributed by atoms with Crippen molar-refractivity contribution in [3.8, 4) is 11.1 Å². The van der Waals surface area contributed by atoms with Crippen LogP contribution in [0.15, 0.2) is 91.0 Å². The number of halogens is 1. The summed E-state index contributed by atoms with van der Waals surface area (Å²) >= 11 is 0. The summed E-state index contributed by atoms with van der Waals surface area (Å²) < 4.78 is 14.0. The molecule has 0 aliphatic rings. The number of aryl methyl sites for hydroxylation is 1. The summed E-state index contributed by atoms with van der Waals surface area (Å²) in [6, 6.07) is 26.6. The quantitative estimate of drug-likeness (QED) is 0.264. The van der Waals surface area contributed by atoms with Gasteiger partial charge in [0, 0.05) is 11.3 Å². The summed E-state index contributed by atoms with van der Waals surface area (Å²) in [4.78, 5) is 22.0. The monoisotopic (exact) mass is 485 g/mol. The first-order valence-electron chi connectivity index (χ1n) is 11.4. The van der Waals surface area contributed by atoms with Crippen molar-refractivity contribution in [2.24, 2.45) is 0 Å². The smallest absolute Gasteiger partial charge is 0.337 e. The van der Waals surface area contributed by atoms with Crippen LogP contribution >= 0.6 is 0 Å². The zero-order chi connectivity index (χ0) is 26.2. The molecular weight excluding hydrogens is 457 g/mol. The van der Waals surface area contributed by atoms with Gasteiger partial charge in [-0.15, -0.1) is 0 Å². The highest BCUT2D eigenvalue weighted by Gasteiger charge is 2.16. The molecule has 4 rings (SSSR count). The van der Waals surface area contributed by atoms with E-state index in [0.29, 0.717) is 16.8 Å². The molecule has 0 aliphatic carbocycles. The van der Waals surface area contributed by atoms with Gasteiger partial charge in [0.05, 0.1) is 17.2 Å². The molecule has 0 saturated heterocycles. The molecular formula is C30H28FNO4. The lowest BCUT2D eigenvalue weighted by molar-refractivity contribution is -0.138. The Morgan fingerprint density at radius 1 is 0.806 bits per heavy atom. The van der Waals surface area contributed by atoms with Crippen molar-refractivity contribution in [1.29, 1.82) is 0 Å². The van der Waals surface area contributed by atoms with Crippen LogP contribution in [0.1, 0.15) is 39.9 Å². The van der Waals surface area contributed by atoms with E-state index >= 15 is 0 Å². The second kappa shape index (κ2) is 11.8. The molecule has 0 aliphatic heterocycles. The van der Waals surface area contributed by atoms with Gasteiger partial charge in [0.1, 0.15) is 5.82 Å². The molecule has 3 N–H and O–H groups in total. The van der Waals surface area contributed by atoms with E-state index in [9.17, 15) is 14.0 Å². The van der Waals surface area contributed by atoms with E-state index < -0.39 is 23.7 Å². The molecule has 4 aromatic rings. The summed E-state index contributed by atoms with van der Waals surface area (Å²) in [6.07, 6.45) is 0. The maximum atomic E-state index is 14.0. The second-order valence-corrected chi connectivity index (χ2v) is 8.39. The number of hydrogen-bond acceptors (Lipinski definition) is 3. The number of hydrogen-bond donors (Lipinski definition) is 3. The summed E-state index contributed by atoms with van der Waals surface area (Å²) in [5.41, 5.74) is 5.85. The minimum atomic E-state index is -0.957. The molecule has 0 aromatic heterocycles. The lowest BCUT2D eigenvalue weighted by Gasteiger charge is -2.13. The first-order chi connectivity index (χ1) is 17.2. The van der Waals surface area contributed by atoms with Crippen LogP contribution in [0.3, 0.4) is 0 Å². The number of carbonyl (C=O) groups is 2. The van der Waals surface area contributed by atoms with Gasteiger partial charge in [-0.05, 0) is 67.3 Å². The fourth-order valence-electron chi connectivity index (χ4n) is 3.61. The van der Waals surface area contributed by atoms with E-state index in [0.717, 1.165) is 16.8 Å². The first kappa shape index (κ1) is 26.2. The number of carboxylic acid groups (broad SMARTS) is 2. The number of benzene rings is 4. The van der Waals surface area contributed by atoms with E-state index in [1.165, 1.54) is 11.6 Å². The van der Waals surface area contributed by atoms with Crippen LogP contribution < -0.4 is 5.32 Å². The lowest BCUT2D eigenvalue weighted by atomic mass is 9.97. The number of nitrogens with one attached hydrogen (secondary N) is 1. The maximum absolute atomic E-state index is 14.0. The molecule has 36 heavy (non-hydrogen) atoms. The molecule has 1 unspecified atom stereocenters. The molecule has 4 aromatic carbocycles. The van der Waals surface area contributed by atoms with Gasteiger partial charge in [-0.25, -0.2) is 9.18 Å². The van der Waals surface area contributed by atoms with E-state index in [4.69, 9.17) is 10.2 Å². The van der Waals surface area contributed by atoms with Crippen LogP contribution in [0.4, 0.5) is 15.8 Å². The van der Waals surface area contributed by atoms with Gasteiger partial charge in [0.25, 0.3) is 0 Å². The van der Waals surface area contributed by atoms with Gasteiger partial charge in [-0.3, -0.25) is 4.79 Å². The zero-order valence-electron chi connectivity index (χ0n) is 20.3. The number of anilines is 2. The molecule has 0 heterocycles. The van der Waals surface area contributed by atoms with Crippen LogP contribution in [0.5, 0.6) is 0 Å². The number of aromatic carboxylic acids is 1. The van der Waals surface area contributed by atoms with Crippen molar-refractivity contribution in [2.75, 3.05) is 5.32 Å². The largest absolute Gasteiger partial charge is 0.481 e. The highest BCUT2D eigenvalue weighted by Crippen LogP contribution is 2.27. The molecule has 184 valence electrons. The third-order valence-electron chi connectivity index (χ3n) is 5.98. The van der Waals surface area contributed by atoms with Crippen molar-refractivity contribution in [3.63, 3.8) is 0 Å². The number of para-hydroxylation sites is 1. The summed E-state index contributed by atoms with van der Waals surface area (Å²) in [6.45, 7) is 5.59. The second-order valence-electron chi connectivity index (χ2n) is 8.39. The van der Waals surface area contributed by atoms with E-state index in [1.807, 2.05) is 68.4 Å². The van der Waals surface area contributed by atoms with Crippen molar-refractivity contribution in [2.45, 2.75) is 26.7 Å². The summed E-state index contributed by atoms with van der Waals surface area (Å²) in [5.74, 6) is -2.98. The standard InChI is InChI=1S/C15H13FO2.C15H15NO2/c1-10(15(17)18)12-7-8-13(14(16)9-12)11-5-3-2-4-6-11;1-10-6-5-9-13(11(10)2)16-14-8-4-3-7-12(14)15(17)18/h2-10H,1H3,(H,17,18);3-9,16H,1-2H3,(H,17,18). The molecule has 6 heteroatoms.